The molecule has 0 radical (unpaired) electrons. The van der Waals surface area contributed by atoms with Crippen LogP contribution in [0.25, 0.3) is 0 Å². The van der Waals surface area contributed by atoms with Crippen LogP contribution in [0.4, 0.5) is 4.79 Å². The number of amides is 1. The number of nitrogens with zero attached hydrogens (tertiary/aromatic N) is 2. The molecular weight excluding hydrogens is 216 g/mol. The standard InChI is InChI=1S/C13H25N2O2/c1-13(2,3)17-12(16)15(5)8-10-6-14(4)7-11(10)9-15/h10-11H,6-9H2,1-5H3/q+1. The van der Waals surface area contributed by atoms with Crippen molar-refractivity contribution in [2.24, 2.45) is 11.8 Å². The van der Waals surface area contributed by atoms with Gasteiger partial charge in [0.1, 0.15) is 5.60 Å². The Morgan fingerprint density at radius 1 is 1.24 bits per heavy atom. The van der Waals surface area contributed by atoms with Crippen LogP contribution in [-0.2, 0) is 4.74 Å². The van der Waals surface area contributed by atoms with Crippen molar-refractivity contribution in [3.05, 3.63) is 0 Å². The lowest BCUT2D eigenvalue weighted by Gasteiger charge is -2.30. The quantitative estimate of drug-likeness (QED) is 0.603. The molecule has 17 heavy (non-hydrogen) atoms. The highest BCUT2D eigenvalue weighted by atomic mass is 16.6. The summed E-state index contributed by atoms with van der Waals surface area (Å²) in [7, 11) is 4.18. The number of carbonyl (C=O) groups is 1. The topological polar surface area (TPSA) is 29.5 Å². The Balaban J connectivity index is 2.01. The first-order valence-electron chi connectivity index (χ1n) is 6.46. The highest BCUT2D eigenvalue weighted by molar-refractivity contribution is 5.60. The number of hydrogen-bond acceptors (Lipinski definition) is 3. The van der Waals surface area contributed by atoms with Crippen LogP contribution >= 0.6 is 0 Å². The molecule has 0 bridgehead atoms. The van der Waals surface area contributed by atoms with E-state index < -0.39 is 0 Å². The first kappa shape index (κ1) is 12.8. The number of rotatable bonds is 0. The average Bonchev–Trinajstić information content (AvgIpc) is 2.55. The minimum absolute atomic E-state index is 0.0606. The molecular formula is C13H25N2O2+. The monoisotopic (exact) mass is 241 g/mol. The normalized spacial score (nSPS) is 38.2. The van der Waals surface area contributed by atoms with Gasteiger partial charge in [-0.1, -0.05) is 0 Å². The van der Waals surface area contributed by atoms with Gasteiger partial charge in [0.2, 0.25) is 0 Å². The smallest absolute Gasteiger partial charge is 0.414 e. The Labute approximate surface area is 104 Å². The van der Waals surface area contributed by atoms with E-state index in [0.29, 0.717) is 16.3 Å². The zero-order valence-corrected chi connectivity index (χ0v) is 11.7. The SMILES string of the molecule is CN1CC2C[N+](C)(C(=O)OC(C)(C)C)CC2C1. The van der Waals surface area contributed by atoms with Crippen molar-refractivity contribution in [1.29, 1.82) is 0 Å². The fourth-order valence-electron chi connectivity index (χ4n) is 3.22. The van der Waals surface area contributed by atoms with Gasteiger partial charge in [-0.25, -0.2) is 4.48 Å². The lowest BCUT2D eigenvalue weighted by molar-refractivity contribution is -0.829. The Bertz CT molecular complexity index is 308. The molecule has 2 fully saturated rings. The highest BCUT2D eigenvalue weighted by Crippen LogP contribution is 2.35. The second kappa shape index (κ2) is 3.95. The predicted molar refractivity (Wildman–Crippen MR) is 66.6 cm³/mol. The fourth-order valence-corrected chi connectivity index (χ4v) is 3.22. The molecule has 2 unspecified atom stereocenters. The Morgan fingerprint density at radius 3 is 2.12 bits per heavy atom. The summed E-state index contributed by atoms with van der Waals surface area (Å²) >= 11 is 0. The highest BCUT2D eigenvalue weighted by Gasteiger charge is 2.52. The molecule has 0 spiro atoms. The second-order valence-electron chi connectivity index (χ2n) is 6.98. The van der Waals surface area contributed by atoms with Crippen LogP contribution in [0, 0.1) is 11.8 Å². The van der Waals surface area contributed by atoms with Gasteiger partial charge in [-0.2, -0.15) is 4.79 Å². The number of hydrogen-bond donors (Lipinski definition) is 0. The molecule has 2 saturated heterocycles. The third kappa shape index (κ3) is 2.63. The molecule has 0 aromatic heterocycles. The number of carbonyl (C=O) groups excluding carboxylic acids is 1. The minimum atomic E-state index is -0.382. The van der Waals surface area contributed by atoms with Gasteiger partial charge < -0.3 is 9.64 Å². The van der Waals surface area contributed by atoms with Gasteiger partial charge in [0, 0.05) is 24.9 Å². The molecule has 98 valence electrons. The second-order valence-corrected chi connectivity index (χ2v) is 6.98. The third-order valence-electron chi connectivity index (χ3n) is 3.87. The maximum atomic E-state index is 12.2. The first-order chi connectivity index (χ1) is 7.70. The summed E-state index contributed by atoms with van der Waals surface area (Å²) in [6, 6.07) is 0. The van der Waals surface area contributed by atoms with Crippen molar-refractivity contribution in [3.63, 3.8) is 0 Å². The molecule has 0 aliphatic carbocycles. The zero-order chi connectivity index (χ0) is 12.8. The van der Waals surface area contributed by atoms with E-state index in [2.05, 4.69) is 11.9 Å². The van der Waals surface area contributed by atoms with Crippen LogP contribution < -0.4 is 0 Å². The van der Waals surface area contributed by atoms with E-state index >= 15 is 0 Å². The predicted octanol–water partition coefficient (Wildman–Crippen LogP) is 1.56. The number of ether oxygens (including phenoxy) is 1. The summed E-state index contributed by atoms with van der Waals surface area (Å²) in [6.07, 6.45) is -0.0606. The van der Waals surface area contributed by atoms with Crippen LogP contribution in [0.15, 0.2) is 0 Å². The van der Waals surface area contributed by atoms with Crippen LogP contribution in [0.5, 0.6) is 0 Å². The summed E-state index contributed by atoms with van der Waals surface area (Å²) in [5, 5.41) is 0. The average molecular weight is 241 g/mol. The molecule has 2 aliphatic heterocycles. The van der Waals surface area contributed by atoms with Crippen molar-refractivity contribution in [3.8, 4) is 0 Å². The number of likely N-dealkylation sites (tertiary alicyclic amines) is 2. The van der Waals surface area contributed by atoms with E-state index in [1.807, 2.05) is 27.8 Å². The molecule has 2 atom stereocenters. The Kier molecular flexibility index (Phi) is 2.99. The summed E-state index contributed by atoms with van der Waals surface area (Å²) in [4.78, 5) is 14.6. The van der Waals surface area contributed by atoms with Crippen LogP contribution in [0.3, 0.4) is 0 Å². The molecule has 2 heterocycles. The van der Waals surface area contributed by atoms with Gasteiger partial charge in [-0.15, -0.1) is 0 Å². The van der Waals surface area contributed by atoms with Crippen LogP contribution in [0.2, 0.25) is 0 Å². The molecule has 0 aromatic rings. The van der Waals surface area contributed by atoms with Gasteiger partial charge in [0.05, 0.1) is 20.1 Å². The minimum Gasteiger partial charge on any atom is -0.414 e. The van der Waals surface area contributed by atoms with E-state index in [1.54, 1.807) is 0 Å². The van der Waals surface area contributed by atoms with E-state index in [-0.39, 0.29) is 11.7 Å². The molecule has 0 saturated carbocycles. The first-order valence-corrected chi connectivity index (χ1v) is 6.46. The summed E-state index contributed by atoms with van der Waals surface area (Å²) in [6.45, 7) is 9.92. The molecule has 0 N–H and O–H groups in total. The lowest BCUT2D eigenvalue weighted by atomic mass is 10.0. The Morgan fingerprint density at radius 2 is 1.71 bits per heavy atom. The Hall–Kier alpha value is -0.610. The molecule has 2 aliphatic rings. The van der Waals surface area contributed by atoms with Crippen LogP contribution in [0.1, 0.15) is 20.8 Å². The lowest BCUT2D eigenvalue weighted by Crippen LogP contribution is -2.51. The van der Waals surface area contributed by atoms with Crippen molar-refractivity contribution < 1.29 is 14.0 Å². The van der Waals surface area contributed by atoms with Gasteiger partial charge in [0.15, 0.2) is 0 Å². The molecule has 4 heteroatoms. The third-order valence-corrected chi connectivity index (χ3v) is 3.87. The van der Waals surface area contributed by atoms with Crippen LogP contribution in [-0.4, -0.2) is 61.4 Å². The van der Waals surface area contributed by atoms with Crippen molar-refractivity contribution in [2.45, 2.75) is 26.4 Å². The van der Waals surface area contributed by atoms with Gasteiger partial charge >= 0.3 is 6.09 Å². The van der Waals surface area contributed by atoms with Gasteiger partial charge in [-0.3, -0.25) is 0 Å². The zero-order valence-electron chi connectivity index (χ0n) is 11.7. The maximum absolute atomic E-state index is 12.2. The number of quaternary nitrogens is 1. The maximum Gasteiger partial charge on any atom is 0.516 e. The van der Waals surface area contributed by atoms with Crippen molar-refractivity contribution in [2.75, 3.05) is 40.3 Å². The summed E-state index contributed by atoms with van der Waals surface area (Å²) < 4.78 is 6.00. The molecule has 1 amide bonds. The van der Waals surface area contributed by atoms with E-state index in [9.17, 15) is 4.79 Å². The fraction of sp³-hybridized carbons (Fsp3) is 0.923. The van der Waals surface area contributed by atoms with Gasteiger partial charge in [-0.05, 0) is 27.8 Å². The van der Waals surface area contributed by atoms with Crippen molar-refractivity contribution in [1.82, 2.24) is 4.90 Å². The van der Waals surface area contributed by atoms with E-state index in [0.717, 1.165) is 26.2 Å². The largest absolute Gasteiger partial charge is 0.516 e. The molecule has 0 aromatic carbocycles. The molecule has 2 rings (SSSR count). The van der Waals surface area contributed by atoms with E-state index in [4.69, 9.17) is 4.74 Å². The van der Waals surface area contributed by atoms with Gasteiger partial charge in [0.25, 0.3) is 0 Å². The number of fused-ring (bicyclic) bond motifs is 1. The molecule has 4 nitrogen and oxygen atoms in total. The van der Waals surface area contributed by atoms with Crippen molar-refractivity contribution >= 4 is 6.09 Å². The van der Waals surface area contributed by atoms with E-state index in [1.165, 1.54) is 0 Å². The summed E-state index contributed by atoms with van der Waals surface area (Å²) in [5.74, 6) is 1.33. The summed E-state index contributed by atoms with van der Waals surface area (Å²) in [5.41, 5.74) is -0.382.